The van der Waals surface area contributed by atoms with E-state index in [0.717, 1.165) is 34.1 Å². The summed E-state index contributed by atoms with van der Waals surface area (Å²) in [6.07, 6.45) is 0. The van der Waals surface area contributed by atoms with Crippen LogP contribution in [0.2, 0.25) is 0 Å². The Morgan fingerprint density at radius 1 is 0.938 bits per heavy atom. The van der Waals surface area contributed by atoms with Crippen LogP contribution < -0.4 is 10.2 Å². The van der Waals surface area contributed by atoms with E-state index in [2.05, 4.69) is 9.71 Å². The highest BCUT2D eigenvalue weighted by atomic mass is 32.2. The monoisotopic (exact) mass is 465 g/mol. The molecule has 8 heteroatoms. The first-order valence-corrected chi connectivity index (χ1v) is 12.5. The Morgan fingerprint density at radius 2 is 1.59 bits per heavy atom. The second-order valence-electron chi connectivity index (χ2n) is 7.49. The van der Waals surface area contributed by atoms with Crippen molar-refractivity contribution in [1.82, 2.24) is 0 Å². The van der Waals surface area contributed by atoms with Gasteiger partial charge in [0, 0.05) is 5.69 Å². The summed E-state index contributed by atoms with van der Waals surface area (Å²) in [5, 5.41) is 3.22. The number of fused-ring (bicyclic) bond motifs is 1. The topological polar surface area (TPSA) is 78.8 Å². The summed E-state index contributed by atoms with van der Waals surface area (Å²) in [6.45, 7) is 4.32. The van der Waals surface area contributed by atoms with Crippen LogP contribution in [-0.2, 0) is 21.4 Å². The van der Waals surface area contributed by atoms with E-state index in [9.17, 15) is 13.2 Å². The fraction of sp³-hybridized carbons (Fsp3) is 0.167. The van der Waals surface area contributed by atoms with Gasteiger partial charge in [-0.05, 0) is 42.7 Å². The molecular weight excluding hydrogens is 442 g/mol. The molecule has 0 spiro atoms. The van der Waals surface area contributed by atoms with Gasteiger partial charge in [0.25, 0.3) is 10.0 Å². The standard InChI is InChI=1S/C24H23N3O3S2/c1-17-9-8-10-18(2)23(17)25-22(28)16-31-24-26-32(29,30)21-14-7-6-13-20(21)27(24)15-19-11-4-3-5-12-19/h3-14H,15-16H2,1-2H3,(H,25,28). The van der Waals surface area contributed by atoms with E-state index in [-0.39, 0.29) is 21.7 Å². The van der Waals surface area contributed by atoms with E-state index in [0.29, 0.717) is 12.2 Å². The maximum atomic E-state index is 12.8. The molecule has 0 radical (unpaired) electrons. The maximum Gasteiger partial charge on any atom is 0.286 e. The van der Waals surface area contributed by atoms with Crippen LogP contribution in [0.1, 0.15) is 16.7 Å². The van der Waals surface area contributed by atoms with Crippen molar-refractivity contribution in [2.75, 3.05) is 16.0 Å². The van der Waals surface area contributed by atoms with Gasteiger partial charge in [0.1, 0.15) is 4.90 Å². The van der Waals surface area contributed by atoms with E-state index < -0.39 is 10.0 Å². The Bertz CT molecular complexity index is 1270. The molecule has 1 heterocycles. The van der Waals surface area contributed by atoms with Crippen molar-refractivity contribution in [1.29, 1.82) is 0 Å². The van der Waals surface area contributed by atoms with Crippen LogP contribution in [0.5, 0.6) is 0 Å². The van der Waals surface area contributed by atoms with Crippen LogP contribution in [0.3, 0.4) is 0 Å². The molecule has 6 nitrogen and oxygen atoms in total. The number of carbonyl (C=O) groups excluding carboxylic acids is 1. The van der Waals surface area contributed by atoms with Crippen LogP contribution in [0.4, 0.5) is 11.4 Å². The summed E-state index contributed by atoms with van der Waals surface area (Å²) in [7, 11) is -3.84. The third-order valence-corrected chi connectivity index (χ3v) is 7.53. The smallest absolute Gasteiger partial charge is 0.286 e. The number of aryl methyl sites for hydroxylation is 2. The summed E-state index contributed by atoms with van der Waals surface area (Å²) < 4.78 is 29.6. The number of thioether (sulfide) groups is 1. The first-order chi connectivity index (χ1) is 15.3. The number of nitrogens with one attached hydrogen (secondary N) is 1. The third-order valence-electron chi connectivity index (χ3n) is 5.12. The minimum absolute atomic E-state index is 0.0373. The summed E-state index contributed by atoms with van der Waals surface area (Å²) in [6, 6.07) is 22.4. The fourth-order valence-corrected chi connectivity index (χ4v) is 5.79. The molecule has 1 amide bonds. The Morgan fingerprint density at radius 3 is 2.31 bits per heavy atom. The number of benzene rings is 3. The van der Waals surface area contributed by atoms with Crippen LogP contribution in [0, 0.1) is 13.8 Å². The van der Waals surface area contributed by atoms with Crippen LogP contribution in [0.15, 0.2) is 82.1 Å². The molecule has 0 unspecified atom stereocenters. The molecular formula is C24H23N3O3S2. The van der Waals surface area contributed by atoms with E-state index >= 15 is 0 Å². The molecule has 1 aliphatic heterocycles. The number of hydrogen-bond donors (Lipinski definition) is 1. The number of hydrogen-bond acceptors (Lipinski definition) is 5. The average Bonchev–Trinajstić information content (AvgIpc) is 2.78. The zero-order chi connectivity index (χ0) is 22.7. The molecule has 0 aromatic heterocycles. The number of carbonyl (C=O) groups is 1. The molecule has 32 heavy (non-hydrogen) atoms. The van der Waals surface area contributed by atoms with Crippen molar-refractivity contribution in [3.05, 3.63) is 89.5 Å². The summed E-state index contributed by atoms with van der Waals surface area (Å²) >= 11 is 1.11. The quantitative estimate of drug-likeness (QED) is 0.589. The molecule has 0 fully saturated rings. The van der Waals surface area contributed by atoms with Gasteiger partial charge in [-0.15, -0.1) is 4.40 Å². The molecule has 0 saturated heterocycles. The number of nitrogens with zero attached hydrogens (tertiary/aromatic N) is 2. The van der Waals surface area contributed by atoms with Crippen LogP contribution in [0.25, 0.3) is 0 Å². The molecule has 3 aromatic rings. The first kappa shape index (κ1) is 22.1. The summed E-state index contributed by atoms with van der Waals surface area (Å²) in [5.41, 5.74) is 4.29. The molecule has 0 bridgehead atoms. The van der Waals surface area contributed by atoms with Crippen molar-refractivity contribution in [3.63, 3.8) is 0 Å². The lowest BCUT2D eigenvalue weighted by Gasteiger charge is -2.30. The number of sulfonamides is 1. The number of amides is 1. The van der Waals surface area contributed by atoms with E-state index in [4.69, 9.17) is 0 Å². The normalized spacial score (nSPS) is 14.4. The molecule has 1 aliphatic rings. The van der Waals surface area contributed by atoms with Crippen molar-refractivity contribution in [3.8, 4) is 0 Å². The zero-order valence-electron chi connectivity index (χ0n) is 17.8. The fourth-order valence-electron chi connectivity index (χ4n) is 3.54. The highest BCUT2D eigenvalue weighted by Gasteiger charge is 2.31. The van der Waals surface area contributed by atoms with Crippen LogP contribution >= 0.6 is 11.8 Å². The van der Waals surface area contributed by atoms with Crippen molar-refractivity contribution >= 4 is 44.2 Å². The van der Waals surface area contributed by atoms with Gasteiger partial charge in [0.05, 0.1) is 18.0 Å². The summed E-state index contributed by atoms with van der Waals surface area (Å²) in [5.74, 6) is -0.179. The van der Waals surface area contributed by atoms with Gasteiger partial charge in [0.2, 0.25) is 5.91 Å². The molecule has 164 valence electrons. The van der Waals surface area contributed by atoms with Crippen molar-refractivity contribution in [2.45, 2.75) is 25.3 Å². The highest BCUT2D eigenvalue weighted by molar-refractivity contribution is 8.15. The number of rotatable bonds is 5. The van der Waals surface area contributed by atoms with E-state index in [1.54, 1.807) is 24.3 Å². The largest absolute Gasteiger partial charge is 0.325 e. The van der Waals surface area contributed by atoms with Gasteiger partial charge in [-0.1, -0.05) is 72.4 Å². The van der Waals surface area contributed by atoms with Gasteiger partial charge < -0.3 is 10.2 Å². The highest BCUT2D eigenvalue weighted by Crippen LogP contribution is 2.35. The van der Waals surface area contributed by atoms with Gasteiger partial charge in [-0.25, -0.2) is 0 Å². The van der Waals surface area contributed by atoms with E-state index in [1.165, 1.54) is 0 Å². The maximum absolute atomic E-state index is 12.8. The molecule has 1 N–H and O–H groups in total. The molecule has 3 aromatic carbocycles. The number of para-hydroxylation sites is 2. The number of anilines is 2. The Labute approximate surface area is 192 Å². The lowest BCUT2D eigenvalue weighted by Crippen LogP contribution is -2.34. The Hall–Kier alpha value is -3.10. The predicted molar refractivity (Wildman–Crippen MR) is 131 cm³/mol. The predicted octanol–water partition coefficient (Wildman–Crippen LogP) is 4.74. The third kappa shape index (κ3) is 4.71. The lowest BCUT2D eigenvalue weighted by atomic mass is 10.1. The minimum atomic E-state index is -3.84. The van der Waals surface area contributed by atoms with Crippen LogP contribution in [-0.4, -0.2) is 25.2 Å². The number of amidine groups is 1. The molecule has 0 aliphatic carbocycles. The molecule has 0 atom stereocenters. The first-order valence-electron chi connectivity index (χ1n) is 10.1. The molecule has 4 rings (SSSR count). The zero-order valence-corrected chi connectivity index (χ0v) is 19.4. The Kier molecular flexibility index (Phi) is 6.34. The summed E-state index contributed by atoms with van der Waals surface area (Å²) in [4.78, 5) is 14.7. The van der Waals surface area contributed by atoms with Gasteiger partial charge in [0.15, 0.2) is 5.17 Å². The SMILES string of the molecule is Cc1cccc(C)c1NC(=O)CSC1=NS(=O)(=O)c2ccccc2N1Cc1ccccc1. The van der Waals surface area contributed by atoms with Gasteiger partial charge in [-0.3, -0.25) is 4.79 Å². The second kappa shape index (κ2) is 9.18. The molecule has 0 saturated carbocycles. The average molecular weight is 466 g/mol. The second-order valence-corrected chi connectivity index (χ2v) is 10.0. The van der Waals surface area contributed by atoms with Gasteiger partial charge in [-0.2, -0.15) is 8.42 Å². The lowest BCUT2D eigenvalue weighted by molar-refractivity contribution is -0.113. The van der Waals surface area contributed by atoms with Crippen molar-refractivity contribution < 1.29 is 13.2 Å². The minimum Gasteiger partial charge on any atom is -0.325 e. The Balaban J connectivity index is 1.59. The van der Waals surface area contributed by atoms with Gasteiger partial charge >= 0.3 is 0 Å². The van der Waals surface area contributed by atoms with Crippen molar-refractivity contribution in [2.24, 2.45) is 4.40 Å². The van der Waals surface area contributed by atoms with E-state index in [1.807, 2.05) is 67.3 Å².